The minimum atomic E-state index is -0.0446. The summed E-state index contributed by atoms with van der Waals surface area (Å²) < 4.78 is 23.3. The molecule has 0 aliphatic carbocycles. The van der Waals surface area contributed by atoms with Crippen LogP contribution in [0.2, 0.25) is 0 Å². The number of carbonyl (C=O) groups excluding carboxylic acids is 2. The first-order valence-corrected chi connectivity index (χ1v) is 14.6. The number of hydrogen-bond donors (Lipinski definition) is 0. The van der Waals surface area contributed by atoms with Crippen LogP contribution in [0.3, 0.4) is 0 Å². The number of amides is 2. The highest BCUT2D eigenvalue weighted by Crippen LogP contribution is 2.21. The third-order valence-electron chi connectivity index (χ3n) is 7.38. The molecule has 8 heteroatoms. The minimum absolute atomic E-state index is 0.0446. The Morgan fingerprint density at radius 1 is 0.429 bits per heavy atom. The molecular weight excluding hydrogens is 532 g/mol. The summed E-state index contributed by atoms with van der Waals surface area (Å²) >= 11 is 0. The van der Waals surface area contributed by atoms with Crippen molar-refractivity contribution in [3.63, 3.8) is 0 Å². The summed E-state index contributed by atoms with van der Waals surface area (Å²) in [5, 5.41) is 3.93. The number of nitrogens with zero attached hydrogens (tertiary/aromatic N) is 2. The maximum Gasteiger partial charge on any atom is 0.254 e. The van der Waals surface area contributed by atoms with Crippen LogP contribution in [-0.2, 0) is 18.9 Å². The first-order valence-electron chi connectivity index (χ1n) is 14.6. The lowest BCUT2D eigenvalue weighted by molar-refractivity contribution is 0.00895. The standard InChI is InChI=1S/C34H38N2O6/c37-33(31-13-5-9-27-7-1-3-11-29(27)31)35-15-19-39-23-25-41-21-17-36(18-22-42-26-24-40-20-16-35)34(38)32-14-6-10-28-8-2-4-12-30(28)32/h1-14H,15-26H2. The summed E-state index contributed by atoms with van der Waals surface area (Å²) in [4.78, 5) is 30.6. The maximum absolute atomic E-state index is 13.5. The molecule has 1 fully saturated rings. The van der Waals surface area contributed by atoms with E-state index >= 15 is 0 Å². The van der Waals surface area contributed by atoms with Crippen molar-refractivity contribution in [1.82, 2.24) is 9.80 Å². The van der Waals surface area contributed by atoms with Crippen molar-refractivity contribution in [1.29, 1.82) is 0 Å². The molecule has 0 saturated carbocycles. The zero-order valence-corrected chi connectivity index (χ0v) is 23.9. The van der Waals surface area contributed by atoms with Crippen molar-refractivity contribution >= 4 is 33.4 Å². The molecule has 0 atom stereocenters. The third-order valence-corrected chi connectivity index (χ3v) is 7.38. The highest BCUT2D eigenvalue weighted by atomic mass is 16.5. The maximum atomic E-state index is 13.5. The van der Waals surface area contributed by atoms with E-state index in [1.807, 2.05) is 84.9 Å². The summed E-state index contributed by atoms with van der Waals surface area (Å²) in [5.41, 5.74) is 1.34. The van der Waals surface area contributed by atoms with Crippen LogP contribution >= 0.6 is 0 Å². The minimum Gasteiger partial charge on any atom is -0.377 e. The van der Waals surface area contributed by atoms with Crippen molar-refractivity contribution < 1.29 is 28.5 Å². The Morgan fingerprint density at radius 2 is 0.762 bits per heavy atom. The molecule has 0 aromatic heterocycles. The molecule has 1 aliphatic rings. The summed E-state index contributed by atoms with van der Waals surface area (Å²) in [6.45, 7) is 4.88. The number of fused-ring (bicyclic) bond motifs is 2. The van der Waals surface area contributed by atoms with Gasteiger partial charge in [0.15, 0.2) is 0 Å². The van der Waals surface area contributed by atoms with Crippen LogP contribution in [-0.4, -0.2) is 101 Å². The Bertz CT molecular complexity index is 1330. The summed E-state index contributed by atoms with van der Waals surface area (Å²) in [6, 6.07) is 27.4. The molecule has 0 radical (unpaired) electrons. The number of rotatable bonds is 2. The summed E-state index contributed by atoms with van der Waals surface area (Å²) in [5.74, 6) is -0.0892. The molecule has 4 aromatic carbocycles. The second-order valence-corrected chi connectivity index (χ2v) is 10.1. The highest BCUT2D eigenvalue weighted by molar-refractivity contribution is 6.07. The zero-order chi connectivity index (χ0) is 29.0. The molecule has 1 aliphatic heterocycles. The van der Waals surface area contributed by atoms with E-state index in [-0.39, 0.29) is 11.8 Å². The van der Waals surface area contributed by atoms with Crippen molar-refractivity contribution in [3.8, 4) is 0 Å². The van der Waals surface area contributed by atoms with Crippen LogP contribution in [0.15, 0.2) is 84.9 Å². The zero-order valence-electron chi connectivity index (χ0n) is 23.9. The smallest absolute Gasteiger partial charge is 0.254 e. The first kappa shape index (κ1) is 29.7. The van der Waals surface area contributed by atoms with E-state index in [9.17, 15) is 9.59 Å². The van der Waals surface area contributed by atoms with E-state index in [1.165, 1.54) is 0 Å². The molecule has 0 unspecified atom stereocenters. The van der Waals surface area contributed by atoms with E-state index in [0.29, 0.717) is 90.2 Å². The van der Waals surface area contributed by atoms with Crippen LogP contribution in [0.5, 0.6) is 0 Å². The van der Waals surface area contributed by atoms with Gasteiger partial charge in [-0.1, -0.05) is 72.8 Å². The van der Waals surface area contributed by atoms with Gasteiger partial charge in [-0.2, -0.15) is 0 Å². The average Bonchev–Trinajstić information content (AvgIpc) is 3.03. The molecule has 4 aromatic rings. The highest BCUT2D eigenvalue weighted by Gasteiger charge is 2.19. The number of ether oxygens (including phenoxy) is 4. The SMILES string of the molecule is O=C(c1cccc2ccccc12)N1CCOCCOCCN(C(=O)c2cccc3ccccc23)CCOCCOCC1. The molecule has 42 heavy (non-hydrogen) atoms. The van der Waals surface area contributed by atoms with Crippen LogP contribution in [0.25, 0.3) is 21.5 Å². The summed E-state index contributed by atoms with van der Waals surface area (Å²) in [7, 11) is 0. The van der Waals surface area contributed by atoms with Crippen LogP contribution in [0.4, 0.5) is 0 Å². The number of hydrogen-bond acceptors (Lipinski definition) is 6. The molecule has 2 amide bonds. The molecular formula is C34H38N2O6. The third kappa shape index (κ3) is 7.72. The van der Waals surface area contributed by atoms with Gasteiger partial charge in [0, 0.05) is 37.3 Å². The van der Waals surface area contributed by atoms with Gasteiger partial charge in [0.25, 0.3) is 11.8 Å². The van der Waals surface area contributed by atoms with Crippen molar-refractivity contribution in [2.45, 2.75) is 0 Å². The molecule has 8 nitrogen and oxygen atoms in total. The lowest BCUT2D eigenvalue weighted by Gasteiger charge is -2.25. The van der Waals surface area contributed by atoms with Gasteiger partial charge in [0.05, 0.1) is 52.9 Å². The predicted molar refractivity (Wildman–Crippen MR) is 163 cm³/mol. The van der Waals surface area contributed by atoms with Gasteiger partial charge in [-0.15, -0.1) is 0 Å². The van der Waals surface area contributed by atoms with E-state index in [2.05, 4.69) is 0 Å². The van der Waals surface area contributed by atoms with E-state index < -0.39 is 0 Å². The Labute approximate surface area is 246 Å². The van der Waals surface area contributed by atoms with Crippen LogP contribution < -0.4 is 0 Å². The van der Waals surface area contributed by atoms with Crippen molar-refractivity contribution in [2.75, 3.05) is 79.0 Å². The van der Waals surface area contributed by atoms with Crippen molar-refractivity contribution in [3.05, 3.63) is 96.1 Å². The summed E-state index contributed by atoms with van der Waals surface area (Å²) in [6.07, 6.45) is 0. The molecule has 1 heterocycles. The predicted octanol–water partition coefficient (Wildman–Crippen LogP) is 4.66. The Balaban J connectivity index is 1.18. The van der Waals surface area contributed by atoms with Gasteiger partial charge < -0.3 is 28.7 Å². The fourth-order valence-corrected chi connectivity index (χ4v) is 5.14. The number of carbonyl (C=O) groups is 2. The molecule has 220 valence electrons. The van der Waals surface area contributed by atoms with Crippen molar-refractivity contribution in [2.24, 2.45) is 0 Å². The molecule has 0 N–H and O–H groups in total. The van der Waals surface area contributed by atoms with Gasteiger partial charge in [0.2, 0.25) is 0 Å². The van der Waals surface area contributed by atoms with E-state index in [1.54, 1.807) is 9.80 Å². The molecule has 0 bridgehead atoms. The largest absolute Gasteiger partial charge is 0.377 e. The lowest BCUT2D eigenvalue weighted by atomic mass is 10.0. The molecule has 0 spiro atoms. The molecule has 1 saturated heterocycles. The van der Waals surface area contributed by atoms with Crippen LogP contribution in [0, 0.1) is 0 Å². The Kier molecular flexibility index (Phi) is 10.9. The average molecular weight is 571 g/mol. The number of benzene rings is 4. The fraction of sp³-hybridized carbons (Fsp3) is 0.353. The first-order chi connectivity index (χ1) is 20.7. The monoisotopic (exact) mass is 570 g/mol. The van der Waals surface area contributed by atoms with Gasteiger partial charge in [0.1, 0.15) is 0 Å². The second-order valence-electron chi connectivity index (χ2n) is 10.1. The lowest BCUT2D eigenvalue weighted by Crippen LogP contribution is -2.38. The second kappa shape index (κ2) is 15.4. The van der Waals surface area contributed by atoms with E-state index in [0.717, 1.165) is 21.5 Å². The van der Waals surface area contributed by atoms with E-state index in [4.69, 9.17) is 18.9 Å². The Hall–Kier alpha value is -3.82. The molecule has 5 rings (SSSR count). The fourth-order valence-electron chi connectivity index (χ4n) is 5.14. The van der Waals surface area contributed by atoms with Gasteiger partial charge in [-0.05, 0) is 33.7 Å². The Morgan fingerprint density at radius 3 is 1.14 bits per heavy atom. The van der Waals surface area contributed by atoms with Gasteiger partial charge in [-0.3, -0.25) is 9.59 Å². The van der Waals surface area contributed by atoms with Gasteiger partial charge >= 0.3 is 0 Å². The van der Waals surface area contributed by atoms with Gasteiger partial charge in [-0.25, -0.2) is 0 Å². The normalized spacial score (nSPS) is 17.0. The quantitative estimate of drug-likeness (QED) is 0.349. The van der Waals surface area contributed by atoms with Crippen LogP contribution in [0.1, 0.15) is 20.7 Å². The topological polar surface area (TPSA) is 77.5 Å².